The Hall–Kier alpha value is -0.810. The second-order valence-corrected chi connectivity index (χ2v) is 5.31. The fraction of sp³-hybridized carbons (Fsp3) is 0.917. The summed E-state index contributed by atoms with van der Waals surface area (Å²) in [6.07, 6.45) is -0.264. The Morgan fingerprint density at radius 2 is 1.76 bits per heavy atom. The smallest absolute Gasteiger partial charge is 0.410 e. The molecule has 0 rings (SSSR count). The van der Waals surface area contributed by atoms with E-state index in [-0.39, 0.29) is 6.09 Å². The first kappa shape index (κ1) is 16.2. The van der Waals surface area contributed by atoms with Gasteiger partial charge in [-0.05, 0) is 34.9 Å². The molecule has 0 aliphatic carbocycles. The maximum atomic E-state index is 11.7. The molecule has 0 saturated carbocycles. The van der Waals surface area contributed by atoms with Crippen molar-refractivity contribution in [2.45, 2.75) is 26.4 Å². The second kappa shape index (κ2) is 7.50. The first-order chi connectivity index (χ1) is 7.76. The summed E-state index contributed by atoms with van der Waals surface area (Å²) in [5.74, 6) is 0. The van der Waals surface area contributed by atoms with Gasteiger partial charge in [-0.15, -0.1) is 0 Å². The van der Waals surface area contributed by atoms with Crippen molar-refractivity contribution in [3.05, 3.63) is 0 Å². The highest BCUT2D eigenvalue weighted by molar-refractivity contribution is 5.67. The van der Waals surface area contributed by atoms with Gasteiger partial charge in [-0.25, -0.2) is 4.79 Å². The Balaban J connectivity index is 3.85. The van der Waals surface area contributed by atoms with Gasteiger partial charge in [-0.2, -0.15) is 0 Å². The predicted molar refractivity (Wildman–Crippen MR) is 70.3 cm³/mol. The molecule has 1 N–H and O–H groups in total. The lowest BCUT2D eigenvalue weighted by atomic mass is 10.2. The van der Waals surface area contributed by atoms with Crippen LogP contribution in [0.4, 0.5) is 4.79 Å². The number of likely N-dealkylation sites (N-methyl/N-ethyl adjacent to an activating group) is 3. The molecule has 0 atom stereocenters. The molecule has 0 unspecified atom stereocenters. The molecule has 0 bridgehead atoms. The number of nitrogens with one attached hydrogen (secondary N) is 1. The summed E-state index contributed by atoms with van der Waals surface area (Å²) in [6, 6.07) is 0. The summed E-state index contributed by atoms with van der Waals surface area (Å²) >= 11 is 0. The number of carbonyl (C=O) groups excluding carboxylic acids is 1. The molecule has 0 aromatic rings. The topological polar surface area (TPSA) is 44.8 Å². The number of hydrogen-bond donors (Lipinski definition) is 1. The van der Waals surface area contributed by atoms with E-state index in [1.165, 1.54) is 0 Å². The third kappa shape index (κ3) is 8.94. The zero-order chi connectivity index (χ0) is 13.5. The van der Waals surface area contributed by atoms with Crippen LogP contribution in [0.3, 0.4) is 0 Å². The molecule has 0 radical (unpaired) electrons. The van der Waals surface area contributed by atoms with Gasteiger partial charge in [0.2, 0.25) is 0 Å². The Labute approximate surface area is 105 Å². The van der Waals surface area contributed by atoms with Gasteiger partial charge in [-0.1, -0.05) is 0 Å². The van der Waals surface area contributed by atoms with E-state index in [0.717, 1.165) is 19.6 Å². The molecule has 102 valence electrons. The van der Waals surface area contributed by atoms with Crippen LogP contribution in [-0.2, 0) is 4.74 Å². The van der Waals surface area contributed by atoms with Crippen LogP contribution in [0.1, 0.15) is 20.8 Å². The van der Waals surface area contributed by atoms with Crippen LogP contribution in [0.25, 0.3) is 0 Å². The highest BCUT2D eigenvalue weighted by atomic mass is 16.6. The summed E-state index contributed by atoms with van der Waals surface area (Å²) in [4.78, 5) is 15.4. The third-order valence-corrected chi connectivity index (χ3v) is 2.27. The normalized spacial score (nSPS) is 11.7. The maximum absolute atomic E-state index is 11.7. The van der Waals surface area contributed by atoms with Crippen molar-refractivity contribution in [1.82, 2.24) is 15.1 Å². The van der Waals surface area contributed by atoms with E-state index in [1.54, 1.807) is 11.9 Å². The van der Waals surface area contributed by atoms with E-state index >= 15 is 0 Å². The monoisotopic (exact) mass is 245 g/mol. The third-order valence-electron chi connectivity index (χ3n) is 2.27. The number of nitrogens with zero attached hydrogens (tertiary/aromatic N) is 2. The lowest BCUT2D eigenvalue weighted by molar-refractivity contribution is 0.0287. The molecule has 0 aliphatic rings. The molecular weight excluding hydrogens is 218 g/mol. The maximum Gasteiger partial charge on any atom is 0.410 e. The van der Waals surface area contributed by atoms with Crippen molar-refractivity contribution in [3.8, 4) is 0 Å². The predicted octanol–water partition coefficient (Wildman–Crippen LogP) is 1.00. The van der Waals surface area contributed by atoms with E-state index in [9.17, 15) is 4.79 Å². The average molecular weight is 245 g/mol. The van der Waals surface area contributed by atoms with Gasteiger partial charge in [0.05, 0.1) is 0 Å². The quantitative estimate of drug-likeness (QED) is 0.758. The molecule has 5 heteroatoms. The first-order valence-corrected chi connectivity index (χ1v) is 6.03. The van der Waals surface area contributed by atoms with Crippen molar-refractivity contribution >= 4 is 6.09 Å². The SMILES string of the molecule is CNCCN(C)CCN(C)C(=O)OC(C)(C)C. The zero-order valence-electron chi connectivity index (χ0n) is 12.0. The molecule has 0 saturated heterocycles. The Morgan fingerprint density at radius 1 is 1.18 bits per heavy atom. The van der Waals surface area contributed by atoms with Gasteiger partial charge in [0.1, 0.15) is 5.60 Å². The summed E-state index contributed by atoms with van der Waals surface area (Å²) < 4.78 is 5.27. The van der Waals surface area contributed by atoms with Gasteiger partial charge in [-0.3, -0.25) is 0 Å². The Morgan fingerprint density at radius 3 is 2.24 bits per heavy atom. The number of amides is 1. The Bertz CT molecular complexity index is 226. The van der Waals surface area contributed by atoms with Gasteiger partial charge in [0.15, 0.2) is 0 Å². The number of ether oxygens (including phenoxy) is 1. The molecule has 1 amide bonds. The van der Waals surface area contributed by atoms with E-state index < -0.39 is 5.60 Å². The summed E-state index contributed by atoms with van der Waals surface area (Å²) in [6.45, 7) is 9.06. The number of rotatable bonds is 6. The first-order valence-electron chi connectivity index (χ1n) is 6.03. The number of carbonyl (C=O) groups is 1. The summed E-state index contributed by atoms with van der Waals surface area (Å²) in [5, 5.41) is 3.09. The van der Waals surface area contributed by atoms with Gasteiger partial charge < -0.3 is 19.9 Å². The van der Waals surface area contributed by atoms with E-state index in [0.29, 0.717) is 6.54 Å². The van der Waals surface area contributed by atoms with Gasteiger partial charge in [0, 0.05) is 33.2 Å². The largest absolute Gasteiger partial charge is 0.444 e. The minimum absolute atomic E-state index is 0.264. The van der Waals surface area contributed by atoms with E-state index in [2.05, 4.69) is 10.2 Å². The van der Waals surface area contributed by atoms with Crippen LogP contribution < -0.4 is 5.32 Å². The van der Waals surface area contributed by atoms with Gasteiger partial charge in [0.25, 0.3) is 0 Å². The van der Waals surface area contributed by atoms with Crippen LogP contribution in [0.15, 0.2) is 0 Å². The fourth-order valence-electron chi connectivity index (χ4n) is 1.17. The number of hydrogen-bond acceptors (Lipinski definition) is 4. The van der Waals surface area contributed by atoms with E-state index in [4.69, 9.17) is 4.74 Å². The highest BCUT2D eigenvalue weighted by Crippen LogP contribution is 2.08. The van der Waals surface area contributed by atoms with Crippen LogP contribution >= 0.6 is 0 Å². The lowest BCUT2D eigenvalue weighted by Crippen LogP contribution is -2.39. The molecule has 0 fully saturated rings. The molecule has 0 aromatic heterocycles. The van der Waals surface area contributed by atoms with E-state index in [1.807, 2.05) is 34.9 Å². The van der Waals surface area contributed by atoms with Crippen molar-refractivity contribution in [2.75, 3.05) is 47.3 Å². The van der Waals surface area contributed by atoms with Crippen LogP contribution in [0.5, 0.6) is 0 Å². The molecule has 0 heterocycles. The fourth-order valence-corrected chi connectivity index (χ4v) is 1.17. The molecule has 17 heavy (non-hydrogen) atoms. The lowest BCUT2D eigenvalue weighted by Gasteiger charge is -2.26. The van der Waals surface area contributed by atoms with Gasteiger partial charge >= 0.3 is 6.09 Å². The Kier molecular flexibility index (Phi) is 7.15. The minimum Gasteiger partial charge on any atom is -0.444 e. The van der Waals surface area contributed by atoms with Crippen molar-refractivity contribution in [1.29, 1.82) is 0 Å². The van der Waals surface area contributed by atoms with Crippen LogP contribution in [0, 0.1) is 0 Å². The van der Waals surface area contributed by atoms with Crippen molar-refractivity contribution in [2.24, 2.45) is 0 Å². The molecule has 5 nitrogen and oxygen atoms in total. The zero-order valence-corrected chi connectivity index (χ0v) is 12.0. The molecule has 0 aliphatic heterocycles. The van der Waals surface area contributed by atoms with Crippen molar-refractivity contribution < 1.29 is 9.53 Å². The molecule has 0 spiro atoms. The standard InChI is InChI=1S/C12H27N3O2/c1-12(2,3)17-11(16)15(6)10-9-14(5)8-7-13-4/h13H,7-10H2,1-6H3. The summed E-state index contributed by atoms with van der Waals surface area (Å²) in [7, 11) is 5.74. The highest BCUT2D eigenvalue weighted by Gasteiger charge is 2.19. The van der Waals surface area contributed by atoms with Crippen LogP contribution in [0.2, 0.25) is 0 Å². The van der Waals surface area contributed by atoms with Crippen LogP contribution in [-0.4, -0.2) is 68.8 Å². The minimum atomic E-state index is -0.427. The molecular formula is C12H27N3O2. The average Bonchev–Trinajstić information content (AvgIpc) is 2.20. The summed E-state index contributed by atoms with van der Waals surface area (Å²) in [5.41, 5.74) is -0.427. The van der Waals surface area contributed by atoms with Crippen molar-refractivity contribution in [3.63, 3.8) is 0 Å². The molecule has 0 aromatic carbocycles. The second-order valence-electron chi connectivity index (χ2n) is 5.31.